The molecule has 1 aromatic carbocycles. The molecule has 0 radical (unpaired) electrons. The zero-order valence-corrected chi connectivity index (χ0v) is 8.80. The maximum atomic E-state index is 11.6. The second kappa shape index (κ2) is 4.25. The average molecular weight is 234 g/mol. The molecular formula is C11H10N2O4. The molecule has 1 aromatic heterocycles. The predicted molar refractivity (Wildman–Crippen MR) is 60.0 cm³/mol. The topological polar surface area (TPSA) is 103 Å². The number of aromatic nitrogens is 2. The van der Waals surface area contributed by atoms with Crippen LogP contribution >= 0.6 is 0 Å². The Morgan fingerprint density at radius 2 is 2.18 bits per heavy atom. The lowest BCUT2D eigenvalue weighted by molar-refractivity contribution is -0.137. The Bertz CT molecular complexity index is 633. The van der Waals surface area contributed by atoms with Crippen molar-refractivity contribution < 1.29 is 15.0 Å². The minimum Gasteiger partial charge on any atom is -0.506 e. The number of carbonyl (C=O) groups is 1. The number of carboxylic acids is 1. The van der Waals surface area contributed by atoms with E-state index in [-0.39, 0.29) is 40.9 Å². The van der Waals surface area contributed by atoms with Crippen LogP contribution in [-0.2, 0) is 11.2 Å². The quantitative estimate of drug-likeness (QED) is 0.723. The van der Waals surface area contributed by atoms with Crippen LogP contribution < -0.4 is 5.56 Å². The second-order valence-electron chi connectivity index (χ2n) is 3.58. The number of H-pyrrole nitrogens is 1. The Balaban J connectivity index is 2.50. The number of hydrogen-bond acceptors (Lipinski definition) is 4. The summed E-state index contributed by atoms with van der Waals surface area (Å²) in [5.74, 6) is -0.804. The standard InChI is InChI=1S/C11H10N2O4/c14-7-3-1-2-6-10(7)12-8(13-11(6)17)4-5-9(15)16/h1-3,14H,4-5H2,(H,15,16)(H,12,13,17). The molecule has 88 valence electrons. The highest BCUT2D eigenvalue weighted by Gasteiger charge is 2.08. The van der Waals surface area contributed by atoms with Crippen LogP contribution in [0.15, 0.2) is 23.0 Å². The summed E-state index contributed by atoms with van der Waals surface area (Å²) in [7, 11) is 0. The number of aryl methyl sites for hydroxylation is 1. The van der Waals surface area contributed by atoms with Gasteiger partial charge in [-0.1, -0.05) is 6.07 Å². The highest BCUT2D eigenvalue weighted by Crippen LogP contribution is 2.19. The van der Waals surface area contributed by atoms with Crippen molar-refractivity contribution >= 4 is 16.9 Å². The van der Waals surface area contributed by atoms with E-state index in [1.807, 2.05) is 0 Å². The van der Waals surface area contributed by atoms with Crippen LogP contribution in [0.4, 0.5) is 0 Å². The molecule has 2 aromatic rings. The minimum atomic E-state index is -0.968. The van der Waals surface area contributed by atoms with E-state index < -0.39 is 5.97 Å². The van der Waals surface area contributed by atoms with Crippen LogP contribution in [0.25, 0.3) is 10.9 Å². The van der Waals surface area contributed by atoms with Gasteiger partial charge in [0, 0.05) is 6.42 Å². The maximum Gasteiger partial charge on any atom is 0.303 e. The van der Waals surface area contributed by atoms with Crippen molar-refractivity contribution in [2.75, 3.05) is 0 Å². The first-order chi connectivity index (χ1) is 8.08. The van der Waals surface area contributed by atoms with Crippen molar-refractivity contribution in [3.63, 3.8) is 0 Å². The summed E-state index contributed by atoms with van der Waals surface area (Å²) in [5.41, 5.74) is -0.192. The third-order valence-electron chi connectivity index (χ3n) is 2.34. The lowest BCUT2D eigenvalue weighted by Crippen LogP contribution is -2.13. The van der Waals surface area contributed by atoms with Gasteiger partial charge < -0.3 is 15.2 Å². The number of rotatable bonds is 3. The second-order valence-corrected chi connectivity index (χ2v) is 3.58. The summed E-state index contributed by atoms with van der Waals surface area (Å²) in [4.78, 5) is 28.6. The highest BCUT2D eigenvalue weighted by atomic mass is 16.4. The summed E-state index contributed by atoms with van der Waals surface area (Å²) < 4.78 is 0. The van der Waals surface area contributed by atoms with E-state index in [2.05, 4.69) is 9.97 Å². The Morgan fingerprint density at radius 3 is 2.88 bits per heavy atom. The molecule has 0 bridgehead atoms. The number of aromatic hydroxyl groups is 1. The molecule has 0 amide bonds. The molecule has 2 rings (SSSR count). The fourth-order valence-corrected chi connectivity index (χ4v) is 1.54. The van der Waals surface area contributed by atoms with Crippen molar-refractivity contribution in [1.82, 2.24) is 9.97 Å². The number of hydrogen-bond donors (Lipinski definition) is 3. The molecule has 0 fully saturated rings. The van der Waals surface area contributed by atoms with Crippen LogP contribution in [0.5, 0.6) is 5.75 Å². The van der Waals surface area contributed by atoms with E-state index in [0.717, 1.165) is 0 Å². The average Bonchev–Trinajstić information content (AvgIpc) is 2.28. The normalized spacial score (nSPS) is 10.6. The SMILES string of the molecule is O=C(O)CCc1nc2c(O)cccc2c(=O)[nH]1. The Labute approximate surface area is 95.6 Å². The number of benzene rings is 1. The number of fused-ring (bicyclic) bond motifs is 1. The summed E-state index contributed by atoms with van der Waals surface area (Å²) in [5, 5.41) is 18.4. The molecule has 6 nitrogen and oxygen atoms in total. The van der Waals surface area contributed by atoms with Crippen LogP contribution in [0.1, 0.15) is 12.2 Å². The first-order valence-corrected chi connectivity index (χ1v) is 5.00. The number of nitrogens with one attached hydrogen (secondary N) is 1. The van der Waals surface area contributed by atoms with Crippen LogP contribution in [-0.4, -0.2) is 26.2 Å². The summed E-state index contributed by atoms with van der Waals surface area (Å²) in [6, 6.07) is 4.52. The molecule has 0 aliphatic rings. The number of para-hydroxylation sites is 1. The highest BCUT2D eigenvalue weighted by molar-refractivity contribution is 5.83. The summed E-state index contributed by atoms with van der Waals surface area (Å²) in [6.07, 6.45) is -0.00309. The fourth-order valence-electron chi connectivity index (χ4n) is 1.54. The van der Waals surface area contributed by atoms with Crippen molar-refractivity contribution in [3.05, 3.63) is 34.4 Å². The third kappa shape index (κ3) is 2.25. The Kier molecular flexibility index (Phi) is 2.78. The van der Waals surface area contributed by atoms with E-state index in [1.54, 1.807) is 12.1 Å². The fraction of sp³-hybridized carbons (Fsp3) is 0.182. The van der Waals surface area contributed by atoms with Gasteiger partial charge in [0.25, 0.3) is 5.56 Å². The number of phenols is 1. The molecule has 0 unspecified atom stereocenters. The number of phenolic OH excluding ortho intramolecular Hbond substituents is 1. The Morgan fingerprint density at radius 1 is 1.41 bits per heavy atom. The van der Waals surface area contributed by atoms with Gasteiger partial charge in [-0.05, 0) is 12.1 Å². The van der Waals surface area contributed by atoms with Crippen molar-refractivity contribution in [2.24, 2.45) is 0 Å². The van der Waals surface area contributed by atoms with Gasteiger partial charge in [0.15, 0.2) is 0 Å². The number of aliphatic carboxylic acids is 1. The van der Waals surface area contributed by atoms with Gasteiger partial charge in [-0.25, -0.2) is 4.98 Å². The van der Waals surface area contributed by atoms with E-state index in [9.17, 15) is 14.7 Å². The molecule has 0 saturated carbocycles. The van der Waals surface area contributed by atoms with Gasteiger partial charge in [-0.3, -0.25) is 9.59 Å². The number of aromatic amines is 1. The molecule has 3 N–H and O–H groups in total. The first kappa shape index (κ1) is 11.1. The zero-order chi connectivity index (χ0) is 12.4. The van der Waals surface area contributed by atoms with Gasteiger partial charge >= 0.3 is 5.97 Å². The van der Waals surface area contributed by atoms with Crippen molar-refractivity contribution in [2.45, 2.75) is 12.8 Å². The lowest BCUT2D eigenvalue weighted by atomic mass is 10.2. The molecule has 6 heteroatoms. The number of carboxylic acid groups (broad SMARTS) is 1. The lowest BCUT2D eigenvalue weighted by Gasteiger charge is -2.02. The van der Waals surface area contributed by atoms with E-state index in [1.165, 1.54) is 6.07 Å². The van der Waals surface area contributed by atoms with Gasteiger partial charge in [-0.2, -0.15) is 0 Å². The van der Waals surface area contributed by atoms with Crippen LogP contribution in [0, 0.1) is 0 Å². The van der Waals surface area contributed by atoms with E-state index in [4.69, 9.17) is 5.11 Å². The predicted octanol–water partition coefficient (Wildman–Crippen LogP) is 0.646. The van der Waals surface area contributed by atoms with Gasteiger partial charge in [-0.15, -0.1) is 0 Å². The molecular weight excluding hydrogens is 224 g/mol. The van der Waals surface area contributed by atoms with Crippen molar-refractivity contribution in [1.29, 1.82) is 0 Å². The van der Waals surface area contributed by atoms with E-state index >= 15 is 0 Å². The van der Waals surface area contributed by atoms with Crippen molar-refractivity contribution in [3.8, 4) is 5.75 Å². The largest absolute Gasteiger partial charge is 0.506 e. The monoisotopic (exact) mass is 234 g/mol. The minimum absolute atomic E-state index is 0.0924. The molecule has 0 saturated heterocycles. The molecule has 0 atom stereocenters. The summed E-state index contributed by atoms with van der Waals surface area (Å²) in [6.45, 7) is 0. The zero-order valence-electron chi connectivity index (χ0n) is 8.80. The van der Waals surface area contributed by atoms with E-state index in [0.29, 0.717) is 0 Å². The number of nitrogens with zero attached hydrogens (tertiary/aromatic N) is 1. The molecule has 0 aliphatic heterocycles. The Hall–Kier alpha value is -2.37. The van der Waals surface area contributed by atoms with Gasteiger partial charge in [0.05, 0.1) is 11.8 Å². The first-order valence-electron chi connectivity index (χ1n) is 5.00. The van der Waals surface area contributed by atoms with Crippen LogP contribution in [0.2, 0.25) is 0 Å². The molecule has 17 heavy (non-hydrogen) atoms. The molecule has 0 aliphatic carbocycles. The van der Waals surface area contributed by atoms with Gasteiger partial charge in [0.2, 0.25) is 0 Å². The van der Waals surface area contributed by atoms with Crippen LogP contribution in [0.3, 0.4) is 0 Å². The van der Waals surface area contributed by atoms with Gasteiger partial charge in [0.1, 0.15) is 17.1 Å². The third-order valence-corrected chi connectivity index (χ3v) is 2.34. The maximum absolute atomic E-state index is 11.6. The smallest absolute Gasteiger partial charge is 0.303 e. The molecule has 0 spiro atoms. The molecule has 1 heterocycles. The summed E-state index contributed by atoms with van der Waals surface area (Å²) >= 11 is 0.